The number of methoxy groups -OCH3 is 2. The third kappa shape index (κ3) is 10.1. The summed E-state index contributed by atoms with van der Waals surface area (Å²) in [5.41, 5.74) is 0. The second-order valence-corrected chi connectivity index (χ2v) is 5.76. The Bertz CT molecular complexity index is 287. The van der Waals surface area contributed by atoms with Crippen LogP contribution in [0.15, 0.2) is 0 Å². The van der Waals surface area contributed by atoms with Crippen molar-refractivity contribution in [3.05, 3.63) is 0 Å². The molecule has 6 N–H and O–H groups in total. The first-order valence-corrected chi connectivity index (χ1v) is 8.39. The van der Waals surface area contributed by atoms with Crippen LogP contribution in [-0.4, -0.2) is 109 Å². The average molecular weight is 388 g/mol. The zero-order valence-electron chi connectivity index (χ0n) is 16.1. The monoisotopic (exact) mass is 388 g/mol. The quantitative estimate of drug-likeness (QED) is 0.185. The van der Waals surface area contributed by atoms with Crippen LogP contribution in [0.2, 0.25) is 0 Å². The van der Waals surface area contributed by atoms with Gasteiger partial charge >= 0.3 is 0 Å². The standard InChI is InChI=1S/2C8H18O5/c1-7(3-9)4-13-8(5-10,6-11)12-2;1-3-8(6-11,12-2)13-7(4-9)5-10/h2*7,9-11H,3-6H2,1-2H3/t;8-/m.1/s1. The number of hydrogen-bond acceptors (Lipinski definition) is 10. The number of hydrogen-bond donors (Lipinski definition) is 6. The van der Waals surface area contributed by atoms with Crippen LogP contribution in [0.4, 0.5) is 0 Å². The van der Waals surface area contributed by atoms with Crippen LogP contribution < -0.4 is 0 Å². The zero-order chi connectivity index (χ0) is 20.6. The van der Waals surface area contributed by atoms with E-state index in [1.165, 1.54) is 14.2 Å². The topological polar surface area (TPSA) is 158 Å². The van der Waals surface area contributed by atoms with Crippen LogP contribution in [0.5, 0.6) is 0 Å². The molecule has 2 atom stereocenters. The van der Waals surface area contributed by atoms with Gasteiger partial charge in [-0.2, -0.15) is 0 Å². The van der Waals surface area contributed by atoms with Crippen LogP contribution in [0.3, 0.4) is 0 Å². The van der Waals surface area contributed by atoms with Gasteiger partial charge in [-0.15, -0.1) is 0 Å². The summed E-state index contributed by atoms with van der Waals surface area (Å²) in [4.78, 5) is 0. The molecular formula is C16H36O10. The fourth-order valence-electron chi connectivity index (χ4n) is 1.60. The van der Waals surface area contributed by atoms with E-state index in [9.17, 15) is 0 Å². The Kier molecular flexibility index (Phi) is 16.7. The van der Waals surface area contributed by atoms with Gasteiger partial charge in [0, 0.05) is 33.2 Å². The third-order valence-electron chi connectivity index (χ3n) is 3.74. The summed E-state index contributed by atoms with van der Waals surface area (Å²) in [6.45, 7) is 2.04. The van der Waals surface area contributed by atoms with Crippen molar-refractivity contribution < 1.29 is 49.6 Å². The second kappa shape index (κ2) is 15.6. The molecule has 0 radical (unpaired) electrons. The highest BCUT2D eigenvalue weighted by Gasteiger charge is 2.31. The highest BCUT2D eigenvalue weighted by Crippen LogP contribution is 2.18. The molecule has 26 heavy (non-hydrogen) atoms. The van der Waals surface area contributed by atoms with Gasteiger partial charge < -0.3 is 49.6 Å². The zero-order valence-corrected chi connectivity index (χ0v) is 16.1. The van der Waals surface area contributed by atoms with E-state index < -0.39 is 30.9 Å². The van der Waals surface area contributed by atoms with Crippen LogP contribution >= 0.6 is 0 Å². The lowest BCUT2D eigenvalue weighted by Crippen LogP contribution is -2.44. The Morgan fingerprint density at radius 2 is 1.23 bits per heavy atom. The Labute approximate surface area is 154 Å². The Morgan fingerprint density at radius 1 is 0.769 bits per heavy atom. The summed E-state index contributed by atoms with van der Waals surface area (Å²) in [5.74, 6) is -2.51. The molecule has 0 aromatic rings. The Hall–Kier alpha value is -0.400. The van der Waals surface area contributed by atoms with Gasteiger partial charge in [-0.1, -0.05) is 13.8 Å². The van der Waals surface area contributed by atoms with Gasteiger partial charge in [-0.05, 0) is 0 Å². The Morgan fingerprint density at radius 3 is 1.50 bits per heavy atom. The molecule has 160 valence electrons. The maximum absolute atomic E-state index is 9.00. The lowest BCUT2D eigenvalue weighted by atomic mass is 10.2. The van der Waals surface area contributed by atoms with E-state index >= 15 is 0 Å². The molecule has 0 aromatic heterocycles. The number of ether oxygens (including phenoxy) is 4. The third-order valence-corrected chi connectivity index (χ3v) is 3.74. The molecule has 0 aliphatic rings. The minimum atomic E-state index is -1.34. The average Bonchev–Trinajstić information content (AvgIpc) is 2.71. The molecule has 10 nitrogen and oxygen atoms in total. The molecule has 0 aliphatic heterocycles. The van der Waals surface area contributed by atoms with E-state index in [1.54, 1.807) is 13.8 Å². The molecule has 0 rings (SSSR count). The minimum Gasteiger partial charge on any atom is -0.396 e. The van der Waals surface area contributed by atoms with E-state index in [-0.39, 0.29) is 39.0 Å². The van der Waals surface area contributed by atoms with Crippen molar-refractivity contribution in [2.24, 2.45) is 5.92 Å². The number of aliphatic hydroxyl groups is 6. The maximum atomic E-state index is 9.00. The van der Waals surface area contributed by atoms with Crippen molar-refractivity contribution in [3.63, 3.8) is 0 Å². The molecule has 0 aliphatic carbocycles. The summed E-state index contributed by atoms with van der Waals surface area (Å²) in [6.07, 6.45) is -0.275. The fourth-order valence-corrected chi connectivity index (χ4v) is 1.60. The first kappa shape index (κ1) is 27.8. The van der Waals surface area contributed by atoms with Gasteiger partial charge in [0.2, 0.25) is 5.79 Å². The number of aliphatic hydroxyl groups excluding tert-OH is 6. The summed E-state index contributed by atoms with van der Waals surface area (Å²) < 4.78 is 20.2. The van der Waals surface area contributed by atoms with Gasteiger partial charge in [0.05, 0.1) is 39.6 Å². The van der Waals surface area contributed by atoms with Gasteiger partial charge in [-0.25, -0.2) is 0 Å². The Balaban J connectivity index is 0. The smallest absolute Gasteiger partial charge is 0.215 e. The molecule has 0 aromatic carbocycles. The van der Waals surface area contributed by atoms with Gasteiger partial charge in [-0.3, -0.25) is 0 Å². The lowest BCUT2D eigenvalue weighted by Gasteiger charge is -2.32. The largest absolute Gasteiger partial charge is 0.396 e. The predicted molar refractivity (Wildman–Crippen MR) is 92.3 cm³/mol. The van der Waals surface area contributed by atoms with E-state index in [1.807, 2.05) is 0 Å². The van der Waals surface area contributed by atoms with Crippen molar-refractivity contribution in [2.75, 3.05) is 60.5 Å². The summed E-state index contributed by atoms with van der Waals surface area (Å²) in [5, 5.41) is 53.0. The molecule has 0 heterocycles. The molecule has 10 heteroatoms. The highest BCUT2D eigenvalue weighted by atomic mass is 16.7. The number of rotatable bonds is 14. The molecule has 0 saturated carbocycles. The first-order chi connectivity index (χ1) is 12.3. The molecule has 0 amide bonds. The van der Waals surface area contributed by atoms with Crippen molar-refractivity contribution in [3.8, 4) is 0 Å². The van der Waals surface area contributed by atoms with Crippen molar-refractivity contribution in [2.45, 2.75) is 37.9 Å². The second-order valence-electron chi connectivity index (χ2n) is 5.76. The van der Waals surface area contributed by atoms with Crippen molar-refractivity contribution in [1.82, 2.24) is 0 Å². The lowest BCUT2D eigenvalue weighted by molar-refractivity contribution is -0.272. The van der Waals surface area contributed by atoms with Crippen LogP contribution in [-0.2, 0) is 18.9 Å². The van der Waals surface area contributed by atoms with Gasteiger partial charge in [0.1, 0.15) is 6.10 Å². The normalized spacial score (nSPS) is 15.3. The SMILES string of the molecule is CC[C@@](CO)(OC)OC(CO)CO.COC(CO)(CO)OCC(C)CO. The summed E-state index contributed by atoms with van der Waals surface area (Å²) in [6, 6.07) is 0. The van der Waals surface area contributed by atoms with Crippen LogP contribution in [0.25, 0.3) is 0 Å². The first-order valence-electron chi connectivity index (χ1n) is 8.39. The summed E-state index contributed by atoms with van der Waals surface area (Å²) in [7, 11) is 2.75. The predicted octanol–water partition coefficient (Wildman–Crippen LogP) is -1.94. The molecular weight excluding hydrogens is 352 g/mol. The van der Waals surface area contributed by atoms with E-state index in [0.717, 1.165) is 0 Å². The van der Waals surface area contributed by atoms with Crippen molar-refractivity contribution in [1.29, 1.82) is 0 Å². The molecule has 0 saturated heterocycles. The summed E-state index contributed by atoms with van der Waals surface area (Å²) >= 11 is 0. The van der Waals surface area contributed by atoms with Gasteiger partial charge in [0.25, 0.3) is 0 Å². The van der Waals surface area contributed by atoms with E-state index in [4.69, 9.17) is 49.6 Å². The maximum Gasteiger partial charge on any atom is 0.215 e. The van der Waals surface area contributed by atoms with E-state index in [0.29, 0.717) is 6.42 Å². The highest BCUT2D eigenvalue weighted by molar-refractivity contribution is 4.69. The fraction of sp³-hybridized carbons (Fsp3) is 1.00. The van der Waals surface area contributed by atoms with Crippen molar-refractivity contribution >= 4 is 0 Å². The van der Waals surface area contributed by atoms with Crippen LogP contribution in [0.1, 0.15) is 20.3 Å². The minimum absolute atomic E-state index is 0.00332. The molecule has 0 bridgehead atoms. The van der Waals surface area contributed by atoms with Crippen LogP contribution in [0, 0.1) is 5.92 Å². The molecule has 1 unspecified atom stereocenters. The van der Waals surface area contributed by atoms with Gasteiger partial charge in [0.15, 0.2) is 5.79 Å². The van der Waals surface area contributed by atoms with E-state index in [2.05, 4.69) is 0 Å². The molecule has 0 fully saturated rings. The molecule has 0 spiro atoms.